The molecule has 2 fully saturated rings. The van der Waals surface area contributed by atoms with Gasteiger partial charge in [-0.05, 0) is 42.9 Å². The zero-order valence-corrected chi connectivity index (χ0v) is 26.1. The number of carbonyl (C=O) groups is 3. The monoisotopic (exact) mass is 599 g/mol. The van der Waals surface area contributed by atoms with E-state index in [0.29, 0.717) is 31.5 Å². The summed E-state index contributed by atoms with van der Waals surface area (Å²) in [5.41, 5.74) is 2.71. The van der Waals surface area contributed by atoms with Crippen molar-refractivity contribution >= 4 is 51.0 Å². The zero-order valence-electron chi connectivity index (χ0n) is 24.5. The number of fused-ring (bicyclic) bond motifs is 1. The summed E-state index contributed by atoms with van der Waals surface area (Å²) in [6.45, 7) is 10.8. The number of aromatic nitrogens is 1. The van der Waals surface area contributed by atoms with Gasteiger partial charge >= 0.3 is 0 Å². The second-order valence-corrected chi connectivity index (χ2v) is 13.5. The normalized spacial score (nSPS) is 18.0. The summed E-state index contributed by atoms with van der Waals surface area (Å²) in [4.78, 5) is 46.1. The average molecular weight is 600 g/mol. The highest BCUT2D eigenvalue weighted by Crippen LogP contribution is 2.27. The number of thioether (sulfide) groups is 1. The number of rotatable bonds is 13. The Labute approximate surface area is 252 Å². The van der Waals surface area contributed by atoms with E-state index in [1.807, 2.05) is 17.8 Å². The fourth-order valence-corrected chi connectivity index (χ4v) is 7.64. The van der Waals surface area contributed by atoms with Crippen molar-refractivity contribution in [2.45, 2.75) is 77.3 Å². The number of hydrogen-bond donors (Lipinski definition) is 3. The lowest BCUT2D eigenvalue weighted by molar-refractivity contribution is -0.129. The van der Waals surface area contributed by atoms with Crippen molar-refractivity contribution < 1.29 is 14.4 Å². The largest absolute Gasteiger partial charge is 0.350 e. The molecule has 1 saturated carbocycles. The third-order valence-corrected chi connectivity index (χ3v) is 10.1. The quantitative estimate of drug-likeness (QED) is 0.300. The van der Waals surface area contributed by atoms with E-state index in [4.69, 9.17) is 4.98 Å². The van der Waals surface area contributed by atoms with Gasteiger partial charge in [-0.2, -0.15) is 11.8 Å². The second-order valence-electron chi connectivity index (χ2n) is 11.2. The first-order valence-corrected chi connectivity index (χ1v) is 17.1. The summed E-state index contributed by atoms with van der Waals surface area (Å²) in [5, 5.41) is 10.0. The third-order valence-electron chi connectivity index (χ3n) is 8.13. The van der Waals surface area contributed by atoms with E-state index in [1.165, 1.54) is 12.0 Å². The molecule has 1 aromatic carbocycles. The van der Waals surface area contributed by atoms with Crippen LogP contribution in [0.4, 0.5) is 0 Å². The van der Waals surface area contributed by atoms with Crippen LogP contribution < -0.4 is 16.0 Å². The van der Waals surface area contributed by atoms with E-state index in [-0.39, 0.29) is 29.7 Å². The molecule has 4 rings (SSSR count). The number of aryl methyl sites for hydroxylation is 1. The Morgan fingerprint density at radius 3 is 2.56 bits per heavy atom. The molecule has 1 aliphatic carbocycles. The number of nitrogens with zero attached hydrogens (tertiary/aromatic N) is 2. The highest BCUT2D eigenvalue weighted by molar-refractivity contribution is 7.99. The van der Waals surface area contributed by atoms with E-state index in [2.05, 4.69) is 46.5 Å². The number of benzene rings is 1. The highest BCUT2D eigenvalue weighted by atomic mass is 32.2. The maximum absolute atomic E-state index is 13.7. The molecule has 0 bridgehead atoms. The molecule has 2 atom stereocenters. The summed E-state index contributed by atoms with van der Waals surface area (Å²) in [6, 6.07) is 5.30. The van der Waals surface area contributed by atoms with Crippen molar-refractivity contribution in [1.82, 2.24) is 25.8 Å². The average Bonchev–Trinajstić information content (AvgIpc) is 3.40. The fraction of sp³-hybridized carbons (Fsp3) is 0.613. The summed E-state index contributed by atoms with van der Waals surface area (Å²) < 4.78 is 1.09. The van der Waals surface area contributed by atoms with Gasteiger partial charge in [0.05, 0.1) is 15.2 Å². The van der Waals surface area contributed by atoms with Crippen LogP contribution in [0.15, 0.2) is 30.4 Å². The maximum Gasteiger partial charge on any atom is 0.247 e. The van der Waals surface area contributed by atoms with Crippen molar-refractivity contribution in [3.8, 4) is 0 Å². The fourth-order valence-electron chi connectivity index (χ4n) is 5.59. The molecule has 8 nitrogen and oxygen atoms in total. The molecule has 3 N–H and O–H groups in total. The number of nitrogens with one attached hydrogen (secondary N) is 3. The van der Waals surface area contributed by atoms with Gasteiger partial charge in [0.2, 0.25) is 17.7 Å². The molecule has 2 heterocycles. The summed E-state index contributed by atoms with van der Waals surface area (Å²) >= 11 is 3.51. The Balaban J connectivity index is 1.43. The summed E-state index contributed by atoms with van der Waals surface area (Å²) in [6.07, 6.45) is 7.02. The summed E-state index contributed by atoms with van der Waals surface area (Å²) in [7, 11) is 0. The third kappa shape index (κ3) is 9.28. The van der Waals surface area contributed by atoms with Gasteiger partial charge in [0, 0.05) is 62.1 Å². The van der Waals surface area contributed by atoms with Crippen molar-refractivity contribution in [3.05, 3.63) is 40.9 Å². The Hall–Kier alpha value is -2.43. The van der Waals surface area contributed by atoms with E-state index in [9.17, 15) is 14.4 Å². The topological polar surface area (TPSA) is 103 Å². The molecule has 0 spiro atoms. The van der Waals surface area contributed by atoms with E-state index < -0.39 is 6.04 Å². The van der Waals surface area contributed by atoms with Crippen LogP contribution in [0.2, 0.25) is 0 Å². The SMILES string of the molecule is C=C(CN1CCSCC1)C(=O)NC[C@@H](NC(=O)[C@H](Cc1nc2ccc(CC)cc2s1)NC(=O)CC)C1CCCCC1. The number of carbonyl (C=O) groups excluding carboxylic acids is 3. The van der Waals surface area contributed by atoms with Crippen molar-refractivity contribution in [2.24, 2.45) is 5.92 Å². The number of amides is 3. The molecule has 1 saturated heterocycles. The lowest BCUT2D eigenvalue weighted by Crippen LogP contribution is -2.55. The molecule has 3 amide bonds. The van der Waals surface area contributed by atoms with Crippen LogP contribution in [0.25, 0.3) is 10.2 Å². The lowest BCUT2D eigenvalue weighted by Gasteiger charge is -2.32. The van der Waals surface area contributed by atoms with Gasteiger partial charge in [-0.15, -0.1) is 11.3 Å². The lowest BCUT2D eigenvalue weighted by atomic mass is 9.83. The molecule has 224 valence electrons. The molecule has 0 unspecified atom stereocenters. The molecular weight excluding hydrogens is 555 g/mol. The minimum Gasteiger partial charge on any atom is -0.350 e. The van der Waals surface area contributed by atoms with Gasteiger partial charge in [-0.1, -0.05) is 45.8 Å². The van der Waals surface area contributed by atoms with E-state index in [0.717, 1.165) is 71.9 Å². The molecule has 2 aliphatic rings. The van der Waals surface area contributed by atoms with Gasteiger partial charge in [0.25, 0.3) is 0 Å². The van der Waals surface area contributed by atoms with Gasteiger partial charge in [0.1, 0.15) is 6.04 Å². The first-order valence-electron chi connectivity index (χ1n) is 15.1. The van der Waals surface area contributed by atoms with Crippen LogP contribution in [0.3, 0.4) is 0 Å². The van der Waals surface area contributed by atoms with Crippen LogP contribution in [0.1, 0.15) is 62.9 Å². The predicted molar refractivity (Wildman–Crippen MR) is 169 cm³/mol. The van der Waals surface area contributed by atoms with Crippen molar-refractivity contribution in [2.75, 3.05) is 37.7 Å². The van der Waals surface area contributed by atoms with Crippen molar-refractivity contribution in [1.29, 1.82) is 0 Å². The predicted octanol–water partition coefficient (Wildman–Crippen LogP) is 4.08. The minimum atomic E-state index is -0.734. The van der Waals surface area contributed by atoms with E-state index in [1.54, 1.807) is 18.3 Å². The molecule has 10 heteroatoms. The summed E-state index contributed by atoms with van der Waals surface area (Å²) in [5.74, 6) is 1.88. The molecule has 0 radical (unpaired) electrons. The Kier molecular flexibility index (Phi) is 12.1. The van der Waals surface area contributed by atoms with Gasteiger partial charge in [-0.3, -0.25) is 19.3 Å². The molecular formula is C31H45N5O3S2. The van der Waals surface area contributed by atoms with Gasteiger partial charge in [0.15, 0.2) is 0 Å². The number of thiazole rings is 1. The van der Waals surface area contributed by atoms with Crippen LogP contribution in [-0.2, 0) is 27.2 Å². The second kappa shape index (κ2) is 15.7. The number of hydrogen-bond acceptors (Lipinski definition) is 7. The first-order chi connectivity index (χ1) is 19.9. The molecule has 1 aromatic heterocycles. The maximum atomic E-state index is 13.7. The van der Waals surface area contributed by atoms with E-state index >= 15 is 0 Å². The Morgan fingerprint density at radius 1 is 1.10 bits per heavy atom. The Morgan fingerprint density at radius 2 is 1.85 bits per heavy atom. The molecule has 1 aliphatic heterocycles. The highest BCUT2D eigenvalue weighted by Gasteiger charge is 2.30. The van der Waals surface area contributed by atoms with Crippen LogP contribution >= 0.6 is 23.1 Å². The Bertz CT molecular complexity index is 1200. The minimum absolute atomic E-state index is 0.157. The smallest absolute Gasteiger partial charge is 0.247 e. The van der Waals surface area contributed by atoms with Crippen LogP contribution in [0.5, 0.6) is 0 Å². The first kappa shape index (κ1) is 31.5. The standard InChI is InChI=1S/C31H45N5O3S2/c1-4-22-11-12-24-27(17-22)41-29(34-24)18-25(33-28(37)5-2)31(39)35-26(23-9-7-6-8-10-23)19-32-30(38)21(3)20-36-13-15-40-16-14-36/h11-12,17,23,25-26H,3-10,13-16,18-20H2,1-2H3,(H,32,38)(H,33,37)(H,35,39)/t25-,26+/m0/s1. The van der Waals surface area contributed by atoms with Crippen LogP contribution in [0, 0.1) is 5.92 Å². The zero-order chi connectivity index (χ0) is 29.2. The molecule has 2 aromatic rings. The van der Waals surface area contributed by atoms with Crippen molar-refractivity contribution in [3.63, 3.8) is 0 Å². The van der Waals surface area contributed by atoms with Gasteiger partial charge < -0.3 is 16.0 Å². The van der Waals surface area contributed by atoms with Crippen LogP contribution in [-0.4, -0.2) is 77.4 Å². The van der Waals surface area contributed by atoms with Gasteiger partial charge in [-0.25, -0.2) is 4.98 Å². The molecule has 41 heavy (non-hydrogen) atoms.